The number of rotatable bonds is 6. The maximum Gasteiger partial charge on any atom is 0.258 e. The van der Waals surface area contributed by atoms with Crippen LogP contribution in [0, 0.1) is 18.3 Å². The minimum absolute atomic E-state index is 0.157. The van der Waals surface area contributed by atoms with E-state index in [1.165, 1.54) is 5.56 Å². The van der Waals surface area contributed by atoms with Gasteiger partial charge in [0, 0.05) is 51.0 Å². The average Bonchev–Trinajstić information content (AvgIpc) is 3.30. The summed E-state index contributed by atoms with van der Waals surface area (Å²) in [7, 11) is 2.15. The van der Waals surface area contributed by atoms with Crippen molar-refractivity contribution in [3.8, 4) is 6.07 Å². The van der Waals surface area contributed by atoms with E-state index in [2.05, 4.69) is 48.4 Å². The Labute approximate surface area is 223 Å². The number of fused-ring (bicyclic) bond motifs is 1. The number of allylic oxidation sites excluding steroid dienone is 1. The molecule has 1 saturated heterocycles. The number of benzene rings is 2. The van der Waals surface area contributed by atoms with Gasteiger partial charge in [0.2, 0.25) is 5.95 Å². The van der Waals surface area contributed by atoms with E-state index in [4.69, 9.17) is 0 Å². The molecule has 0 radical (unpaired) electrons. The second-order valence-electron chi connectivity index (χ2n) is 9.68. The first-order valence-electron chi connectivity index (χ1n) is 12.9. The number of hydrogen-bond acceptors (Lipinski definition) is 8. The van der Waals surface area contributed by atoms with Crippen LogP contribution in [0.2, 0.25) is 0 Å². The lowest BCUT2D eigenvalue weighted by Crippen LogP contribution is -2.43. The van der Waals surface area contributed by atoms with E-state index in [0.29, 0.717) is 29.2 Å². The Morgan fingerprint density at radius 3 is 2.55 bits per heavy atom. The number of likely N-dealkylation sites (N-methyl/N-ethyl adjacent to an activating group) is 1. The number of anilines is 3. The lowest BCUT2D eigenvalue weighted by molar-refractivity contribution is 0.102. The van der Waals surface area contributed by atoms with Crippen LogP contribution in [0.3, 0.4) is 0 Å². The minimum Gasteiger partial charge on any atom is -0.339 e. The smallest absolute Gasteiger partial charge is 0.258 e. The molecule has 194 valence electrons. The SMILES string of the molecule is CCN1C(=C(C#N)c2nc(NC(=O)c3ccc(CN4CCN(C)CC4)cc3)ncc2C)Nc2ccccc21. The summed E-state index contributed by atoms with van der Waals surface area (Å²) in [5.41, 5.74) is 5.27. The molecule has 2 aliphatic heterocycles. The maximum absolute atomic E-state index is 13.0. The summed E-state index contributed by atoms with van der Waals surface area (Å²) in [6.45, 7) is 9.69. The molecule has 1 fully saturated rings. The molecule has 0 atom stereocenters. The van der Waals surface area contributed by atoms with Gasteiger partial charge in [-0.15, -0.1) is 0 Å². The van der Waals surface area contributed by atoms with Gasteiger partial charge < -0.3 is 15.1 Å². The summed E-state index contributed by atoms with van der Waals surface area (Å²) >= 11 is 0. The van der Waals surface area contributed by atoms with Gasteiger partial charge in [-0.25, -0.2) is 9.97 Å². The summed E-state index contributed by atoms with van der Waals surface area (Å²) < 4.78 is 0. The van der Waals surface area contributed by atoms with Crippen molar-refractivity contribution in [1.29, 1.82) is 5.26 Å². The Hall–Kier alpha value is -4.26. The summed E-state index contributed by atoms with van der Waals surface area (Å²) in [4.78, 5) is 28.7. The van der Waals surface area contributed by atoms with Gasteiger partial charge in [0.05, 0.1) is 17.1 Å². The van der Waals surface area contributed by atoms with Crippen molar-refractivity contribution in [3.63, 3.8) is 0 Å². The van der Waals surface area contributed by atoms with Crippen LogP contribution in [0.15, 0.2) is 60.5 Å². The largest absolute Gasteiger partial charge is 0.339 e. The Bertz CT molecular complexity index is 1400. The average molecular weight is 509 g/mol. The molecule has 0 aliphatic carbocycles. The number of nitrogens with one attached hydrogen (secondary N) is 2. The Morgan fingerprint density at radius 2 is 1.84 bits per heavy atom. The number of carbonyl (C=O) groups is 1. The lowest BCUT2D eigenvalue weighted by Gasteiger charge is -2.32. The molecule has 38 heavy (non-hydrogen) atoms. The number of amides is 1. The van der Waals surface area contributed by atoms with Gasteiger partial charge in [-0.2, -0.15) is 5.26 Å². The van der Waals surface area contributed by atoms with Gasteiger partial charge in [-0.05, 0) is 56.3 Å². The standard InChI is InChI=1S/C29H32N8O/c1-4-37-25-8-6-5-7-24(25)32-27(37)23(17-30)26-20(2)18-31-29(33-26)34-28(38)22-11-9-21(10-12-22)19-36-15-13-35(3)14-16-36/h5-12,18,32H,4,13-16,19H2,1-3H3,(H,31,33,34,38). The zero-order valence-corrected chi connectivity index (χ0v) is 22.0. The van der Waals surface area contributed by atoms with Gasteiger partial charge in [0.15, 0.2) is 0 Å². The molecule has 3 aromatic rings. The van der Waals surface area contributed by atoms with E-state index in [1.54, 1.807) is 6.20 Å². The molecule has 2 aromatic carbocycles. The fourth-order valence-corrected chi connectivity index (χ4v) is 4.83. The monoisotopic (exact) mass is 508 g/mol. The van der Waals surface area contributed by atoms with Gasteiger partial charge in [-0.1, -0.05) is 24.3 Å². The number of aryl methyl sites for hydroxylation is 1. The third-order valence-electron chi connectivity index (χ3n) is 7.03. The van der Waals surface area contributed by atoms with E-state index in [9.17, 15) is 10.1 Å². The molecule has 0 bridgehead atoms. The fraction of sp³-hybridized carbons (Fsp3) is 0.310. The number of carbonyl (C=O) groups excluding carboxylic acids is 1. The third kappa shape index (κ3) is 5.23. The van der Waals surface area contributed by atoms with Crippen molar-refractivity contribution in [2.24, 2.45) is 0 Å². The molecule has 0 spiro atoms. The Kier molecular flexibility index (Phi) is 7.36. The summed E-state index contributed by atoms with van der Waals surface area (Å²) in [5, 5.41) is 16.3. The predicted molar refractivity (Wildman–Crippen MR) is 150 cm³/mol. The zero-order valence-electron chi connectivity index (χ0n) is 22.0. The molecular weight excluding hydrogens is 476 g/mol. The van der Waals surface area contributed by atoms with Gasteiger partial charge >= 0.3 is 0 Å². The number of para-hydroxylation sites is 2. The van der Waals surface area contributed by atoms with Crippen LogP contribution in [-0.4, -0.2) is 65.4 Å². The Morgan fingerprint density at radius 1 is 1.11 bits per heavy atom. The molecule has 1 aromatic heterocycles. The van der Waals surface area contributed by atoms with Crippen molar-refractivity contribution in [1.82, 2.24) is 19.8 Å². The zero-order chi connectivity index (χ0) is 26.6. The van der Waals surface area contributed by atoms with Crippen LogP contribution in [0.25, 0.3) is 5.57 Å². The molecule has 9 heteroatoms. The van der Waals surface area contributed by atoms with Crippen LogP contribution in [0.4, 0.5) is 17.3 Å². The van der Waals surface area contributed by atoms with E-state index in [-0.39, 0.29) is 11.9 Å². The highest BCUT2D eigenvalue weighted by Gasteiger charge is 2.27. The van der Waals surface area contributed by atoms with Crippen molar-refractivity contribution in [2.75, 3.05) is 55.3 Å². The molecule has 0 saturated carbocycles. The van der Waals surface area contributed by atoms with Crippen LogP contribution in [0.5, 0.6) is 0 Å². The van der Waals surface area contributed by atoms with Crippen LogP contribution >= 0.6 is 0 Å². The second-order valence-corrected chi connectivity index (χ2v) is 9.68. The first kappa shape index (κ1) is 25.4. The third-order valence-corrected chi connectivity index (χ3v) is 7.03. The number of aromatic nitrogens is 2. The van der Waals surface area contributed by atoms with Crippen LogP contribution < -0.4 is 15.5 Å². The Balaban J connectivity index is 1.33. The van der Waals surface area contributed by atoms with E-state index in [1.807, 2.05) is 62.4 Å². The number of nitrogens with zero attached hydrogens (tertiary/aromatic N) is 6. The van der Waals surface area contributed by atoms with Gasteiger partial charge in [0.1, 0.15) is 17.5 Å². The molecule has 2 N–H and O–H groups in total. The highest BCUT2D eigenvalue weighted by molar-refractivity contribution is 6.03. The highest BCUT2D eigenvalue weighted by atomic mass is 16.1. The topological polar surface area (TPSA) is 100 Å². The molecular formula is C29H32N8O. The molecule has 5 rings (SSSR count). The van der Waals surface area contributed by atoms with Gasteiger partial charge in [0.25, 0.3) is 5.91 Å². The lowest BCUT2D eigenvalue weighted by atomic mass is 10.1. The van der Waals surface area contributed by atoms with Crippen LogP contribution in [-0.2, 0) is 6.54 Å². The summed E-state index contributed by atoms with van der Waals surface area (Å²) in [5.74, 6) is 0.536. The molecule has 1 amide bonds. The fourth-order valence-electron chi connectivity index (χ4n) is 4.83. The molecule has 0 unspecified atom stereocenters. The first-order valence-corrected chi connectivity index (χ1v) is 12.9. The highest BCUT2D eigenvalue weighted by Crippen LogP contribution is 2.38. The van der Waals surface area contributed by atoms with Crippen molar-refractivity contribution in [3.05, 3.63) is 82.9 Å². The van der Waals surface area contributed by atoms with Crippen molar-refractivity contribution < 1.29 is 4.79 Å². The maximum atomic E-state index is 13.0. The molecule has 3 heterocycles. The van der Waals surface area contributed by atoms with Crippen molar-refractivity contribution >= 4 is 28.8 Å². The number of nitriles is 1. The predicted octanol–water partition coefficient (Wildman–Crippen LogP) is 3.93. The molecule has 2 aliphatic rings. The minimum atomic E-state index is -0.293. The van der Waals surface area contributed by atoms with Gasteiger partial charge in [-0.3, -0.25) is 15.0 Å². The number of hydrogen-bond donors (Lipinski definition) is 2. The van der Waals surface area contributed by atoms with E-state index >= 15 is 0 Å². The summed E-state index contributed by atoms with van der Waals surface area (Å²) in [6, 6.07) is 17.9. The normalized spacial score (nSPS) is 16.9. The number of piperazine rings is 1. The van der Waals surface area contributed by atoms with Crippen molar-refractivity contribution in [2.45, 2.75) is 20.4 Å². The van der Waals surface area contributed by atoms with Crippen LogP contribution in [0.1, 0.15) is 34.1 Å². The molecule has 9 nitrogen and oxygen atoms in total. The quantitative estimate of drug-likeness (QED) is 0.483. The summed E-state index contributed by atoms with van der Waals surface area (Å²) in [6.07, 6.45) is 1.63. The first-order chi connectivity index (χ1) is 18.5. The van der Waals surface area contributed by atoms with E-state index in [0.717, 1.165) is 49.7 Å². The van der Waals surface area contributed by atoms with E-state index < -0.39 is 0 Å². The second kappa shape index (κ2) is 11.0.